The maximum absolute atomic E-state index is 11.2. The van der Waals surface area contributed by atoms with Crippen molar-refractivity contribution in [2.24, 2.45) is 0 Å². The molecule has 0 spiro atoms. The number of rotatable bonds is 8. The number of ether oxygens (including phenoxy) is 2. The lowest BCUT2D eigenvalue weighted by atomic mass is 10.1. The molecule has 1 N–H and O–H groups in total. The minimum absolute atomic E-state index is 0.117. The van der Waals surface area contributed by atoms with E-state index in [4.69, 9.17) is 9.47 Å². The first-order valence-corrected chi connectivity index (χ1v) is 7.80. The first kappa shape index (κ1) is 15.8. The van der Waals surface area contributed by atoms with Crippen LogP contribution in [0.25, 0.3) is 0 Å². The highest BCUT2D eigenvalue weighted by Gasteiger charge is 2.22. The van der Waals surface area contributed by atoms with Crippen molar-refractivity contribution in [3.05, 3.63) is 29.3 Å². The van der Waals surface area contributed by atoms with E-state index in [0.29, 0.717) is 19.6 Å². The van der Waals surface area contributed by atoms with Crippen LogP contribution < -0.4 is 4.74 Å². The summed E-state index contributed by atoms with van der Waals surface area (Å²) in [6.45, 7) is 2.92. The number of carbonyl (C=O) groups excluding carboxylic acids is 1. The minimum Gasteiger partial charge on any atom is -0.493 e. The zero-order chi connectivity index (χ0) is 15.1. The van der Waals surface area contributed by atoms with Crippen molar-refractivity contribution in [2.45, 2.75) is 51.6 Å². The van der Waals surface area contributed by atoms with E-state index < -0.39 is 0 Å². The molecular weight excluding hydrogens is 268 g/mol. The second-order valence-electron chi connectivity index (χ2n) is 5.34. The highest BCUT2D eigenvalue weighted by atomic mass is 16.5. The first-order valence-electron chi connectivity index (χ1n) is 7.80. The van der Waals surface area contributed by atoms with Crippen molar-refractivity contribution in [1.29, 1.82) is 0 Å². The summed E-state index contributed by atoms with van der Waals surface area (Å²) in [7, 11) is 0. The van der Waals surface area contributed by atoms with Crippen molar-refractivity contribution < 1.29 is 19.4 Å². The Morgan fingerprint density at radius 1 is 1.33 bits per heavy atom. The molecule has 0 amide bonds. The van der Waals surface area contributed by atoms with Gasteiger partial charge in [0.05, 0.1) is 19.3 Å². The van der Waals surface area contributed by atoms with Crippen LogP contribution in [-0.2, 0) is 16.0 Å². The molecule has 0 saturated carbocycles. The van der Waals surface area contributed by atoms with Gasteiger partial charge in [0.2, 0.25) is 0 Å². The van der Waals surface area contributed by atoms with Gasteiger partial charge in [-0.15, -0.1) is 0 Å². The Balaban J connectivity index is 1.67. The highest BCUT2D eigenvalue weighted by Crippen LogP contribution is 2.36. The van der Waals surface area contributed by atoms with Crippen LogP contribution in [0.1, 0.15) is 56.3 Å². The number of hydrogen-bond acceptors (Lipinski definition) is 4. The van der Waals surface area contributed by atoms with E-state index in [2.05, 4.69) is 0 Å². The van der Waals surface area contributed by atoms with Crippen LogP contribution in [0.15, 0.2) is 18.2 Å². The van der Waals surface area contributed by atoms with Crippen LogP contribution in [0, 0.1) is 0 Å². The monoisotopic (exact) mass is 292 g/mol. The number of fused-ring (bicyclic) bond motifs is 1. The third kappa shape index (κ3) is 4.46. The van der Waals surface area contributed by atoms with Crippen LogP contribution in [-0.4, -0.2) is 24.3 Å². The number of hydrogen-bond donors (Lipinski definition) is 1. The standard InChI is InChI=1S/C17H24O4/c1-2-20-17(19)9-4-3-5-12-21-16-8-6-7-13-14(16)10-11-15(13)18/h6-8,15,18H,2-5,9-12H2,1H3. The molecule has 4 heteroatoms. The van der Waals surface area contributed by atoms with Crippen molar-refractivity contribution >= 4 is 5.97 Å². The molecule has 21 heavy (non-hydrogen) atoms. The Bertz CT molecular complexity index is 470. The van der Waals surface area contributed by atoms with Gasteiger partial charge in [-0.05, 0) is 50.7 Å². The molecule has 1 aromatic carbocycles. The lowest BCUT2D eigenvalue weighted by molar-refractivity contribution is -0.143. The van der Waals surface area contributed by atoms with E-state index in [1.165, 1.54) is 0 Å². The largest absolute Gasteiger partial charge is 0.493 e. The highest BCUT2D eigenvalue weighted by molar-refractivity contribution is 5.69. The van der Waals surface area contributed by atoms with Gasteiger partial charge in [-0.2, -0.15) is 0 Å². The van der Waals surface area contributed by atoms with Crippen molar-refractivity contribution in [3.8, 4) is 5.75 Å². The van der Waals surface area contributed by atoms with E-state index in [0.717, 1.165) is 49.0 Å². The van der Waals surface area contributed by atoms with Crippen LogP contribution in [0.3, 0.4) is 0 Å². The maximum atomic E-state index is 11.2. The zero-order valence-electron chi connectivity index (χ0n) is 12.6. The fourth-order valence-electron chi connectivity index (χ4n) is 2.70. The molecule has 116 valence electrons. The quantitative estimate of drug-likeness (QED) is 0.590. The van der Waals surface area contributed by atoms with Crippen LogP contribution in [0.4, 0.5) is 0 Å². The second-order valence-corrected chi connectivity index (χ2v) is 5.34. The molecule has 0 fully saturated rings. The molecule has 0 radical (unpaired) electrons. The Morgan fingerprint density at radius 3 is 3.00 bits per heavy atom. The number of aliphatic hydroxyl groups is 1. The smallest absolute Gasteiger partial charge is 0.305 e. The summed E-state index contributed by atoms with van der Waals surface area (Å²) in [4.78, 5) is 11.2. The summed E-state index contributed by atoms with van der Waals surface area (Å²) in [5.74, 6) is 0.780. The molecule has 2 rings (SSSR count). The summed E-state index contributed by atoms with van der Waals surface area (Å²) in [5, 5.41) is 9.84. The third-order valence-electron chi connectivity index (χ3n) is 3.78. The molecule has 1 aromatic rings. The van der Waals surface area contributed by atoms with Crippen LogP contribution in [0.5, 0.6) is 5.75 Å². The predicted octanol–water partition coefficient (Wildman–Crippen LogP) is 3.17. The number of esters is 1. The Kier molecular flexibility index (Phi) is 6.05. The molecule has 0 bridgehead atoms. The molecule has 1 aliphatic carbocycles. The summed E-state index contributed by atoms with van der Waals surface area (Å²) in [6, 6.07) is 5.87. The third-order valence-corrected chi connectivity index (χ3v) is 3.78. The van der Waals surface area contributed by atoms with E-state index in [9.17, 15) is 9.90 Å². The van der Waals surface area contributed by atoms with E-state index >= 15 is 0 Å². The SMILES string of the molecule is CCOC(=O)CCCCCOc1cccc2c1CCC2O. The molecule has 0 aromatic heterocycles. The summed E-state index contributed by atoms with van der Waals surface area (Å²) in [6.07, 6.45) is 4.54. The lowest BCUT2D eigenvalue weighted by Gasteiger charge is -2.11. The molecule has 4 nitrogen and oxygen atoms in total. The number of unbranched alkanes of at least 4 members (excludes halogenated alkanes) is 2. The van der Waals surface area contributed by atoms with Gasteiger partial charge in [0.25, 0.3) is 0 Å². The normalized spacial score (nSPS) is 16.6. The summed E-state index contributed by atoms with van der Waals surface area (Å²) < 4.78 is 10.7. The van der Waals surface area contributed by atoms with Crippen molar-refractivity contribution in [3.63, 3.8) is 0 Å². The van der Waals surface area contributed by atoms with Gasteiger partial charge in [0.1, 0.15) is 5.75 Å². The summed E-state index contributed by atoms with van der Waals surface area (Å²) in [5.41, 5.74) is 2.16. The molecule has 0 aliphatic heterocycles. The number of carbonyl (C=O) groups is 1. The molecule has 0 saturated heterocycles. The topological polar surface area (TPSA) is 55.8 Å². The predicted molar refractivity (Wildman–Crippen MR) is 80.3 cm³/mol. The van der Waals surface area contributed by atoms with Gasteiger partial charge in [0.15, 0.2) is 0 Å². The van der Waals surface area contributed by atoms with Crippen molar-refractivity contribution in [2.75, 3.05) is 13.2 Å². The molecule has 1 atom stereocenters. The Morgan fingerprint density at radius 2 is 2.19 bits per heavy atom. The number of benzene rings is 1. The lowest BCUT2D eigenvalue weighted by Crippen LogP contribution is -2.04. The van der Waals surface area contributed by atoms with Crippen molar-refractivity contribution in [1.82, 2.24) is 0 Å². The number of aliphatic hydroxyl groups excluding tert-OH is 1. The molecule has 0 heterocycles. The van der Waals surface area contributed by atoms with Gasteiger partial charge in [-0.1, -0.05) is 12.1 Å². The average molecular weight is 292 g/mol. The fourth-order valence-corrected chi connectivity index (χ4v) is 2.70. The zero-order valence-corrected chi connectivity index (χ0v) is 12.6. The van der Waals surface area contributed by atoms with Crippen LogP contribution in [0.2, 0.25) is 0 Å². The van der Waals surface area contributed by atoms with Gasteiger partial charge in [-0.25, -0.2) is 0 Å². The van der Waals surface area contributed by atoms with Gasteiger partial charge < -0.3 is 14.6 Å². The van der Waals surface area contributed by atoms with Gasteiger partial charge >= 0.3 is 5.97 Å². The molecule has 1 aliphatic rings. The van der Waals surface area contributed by atoms with Gasteiger partial charge in [0, 0.05) is 12.0 Å². The average Bonchev–Trinajstić information content (AvgIpc) is 2.85. The van der Waals surface area contributed by atoms with E-state index in [-0.39, 0.29) is 12.1 Å². The van der Waals surface area contributed by atoms with E-state index in [1.54, 1.807) is 0 Å². The Labute approximate surface area is 126 Å². The second kappa shape index (κ2) is 8.03. The maximum Gasteiger partial charge on any atom is 0.305 e. The molecular formula is C17H24O4. The van der Waals surface area contributed by atoms with E-state index in [1.807, 2.05) is 25.1 Å². The van der Waals surface area contributed by atoms with Crippen LogP contribution >= 0.6 is 0 Å². The van der Waals surface area contributed by atoms with Gasteiger partial charge in [-0.3, -0.25) is 4.79 Å². The fraction of sp³-hybridized carbons (Fsp3) is 0.588. The first-order chi connectivity index (χ1) is 10.2. The summed E-state index contributed by atoms with van der Waals surface area (Å²) >= 11 is 0. The Hall–Kier alpha value is -1.55. The molecule has 1 unspecified atom stereocenters. The minimum atomic E-state index is -0.340.